The lowest BCUT2D eigenvalue weighted by Crippen LogP contribution is -2.27. The molecule has 0 unspecified atom stereocenters. The van der Waals surface area contributed by atoms with Crippen LogP contribution < -0.4 is 5.32 Å². The minimum atomic E-state index is 0.450. The summed E-state index contributed by atoms with van der Waals surface area (Å²) < 4.78 is 5.76. The van der Waals surface area contributed by atoms with Gasteiger partial charge in [0.15, 0.2) is 5.58 Å². The third-order valence-corrected chi connectivity index (χ3v) is 4.37. The lowest BCUT2D eigenvalue weighted by molar-refractivity contribution is 0.232. The maximum atomic E-state index is 5.76. The van der Waals surface area contributed by atoms with E-state index in [2.05, 4.69) is 31.1 Å². The van der Waals surface area contributed by atoms with Gasteiger partial charge in [-0.3, -0.25) is 0 Å². The van der Waals surface area contributed by atoms with E-state index in [9.17, 15) is 0 Å². The molecule has 1 heterocycles. The third kappa shape index (κ3) is 3.78. The van der Waals surface area contributed by atoms with Crippen molar-refractivity contribution in [3.63, 3.8) is 0 Å². The second kappa shape index (κ2) is 5.70. The number of oxazole rings is 1. The van der Waals surface area contributed by atoms with E-state index in [0.717, 1.165) is 17.0 Å². The molecule has 0 amide bonds. The molecule has 1 aliphatic rings. The van der Waals surface area contributed by atoms with Gasteiger partial charge < -0.3 is 9.73 Å². The molecule has 3 rings (SSSR count). The normalized spacial score (nSPS) is 23.4. The highest BCUT2D eigenvalue weighted by Crippen LogP contribution is 2.35. The van der Waals surface area contributed by atoms with Crippen LogP contribution in [-0.4, -0.2) is 11.0 Å². The number of nitrogens with one attached hydrogen (secondary N) is 1. The van der Waals surface area contributed by atoms with Crippen molar-refractivity contribution in [3.05, 3.63) is 24.3 Å². The molecule has 1 saturated carbocycles. The molecule has 114 valence electrons. The highest BCUT2D eigenvalue weighted by Gasteiger charge is 2.25. The van der Waals surface area contributed by atoms with Crippen LogP contribution in [0.4, 0.5) is 6.01 Å². The van der Waals surface area contributed by atoms with Crippen LogP contribution in [0, 0.1) is 11.3 Å². The molecule has 1 aromatic carbocycles. The molecule has 0 aliphatic heterocycles. The lowest BCUT2D eigenvalue weighted by atomic mass is 9.76. The first-order chi connectivity index (χ1) is 9.99. The Balaban J connectivity index is 1.55. The number of nitrogens with zero attached hydrogens (tertiary/aromatic N) is 1. The number of benzene rings is 1. The van der Waals surface area contributed by atoms with Gasteiger partial charge in [-0.25, -0.2) is 0 Å². The summed E-state index contributed by atoms with van der Waals surface area (Å²) in [5.74, 6) is 0.881. The van der Waals surface area contributed by atoms with E-state index in [1.54, 1.807) is 0 Å². The Hall–Kier alpha value is -1.51. The van der Waals surface area contributed by atoms with Crippen LogP contribution >= 0.6 is 0 Å². The molecular formula is C18H26N2O. The van der Waals surface area contributed by atoms with Crippen molar-refractivity contribution in [1.82, 2.24) is 4.98 Å². The van der Waals surface area contributed by atoms with Crippen molar-refractivity contribution in [2.24, 2.45) is 11.3 Å². The van der Waals surface area contributed by atoms with Gasteiger partial charge in [0.25, 0.3) is 6.01 Å². The number of fused-ring (bicyclic) bond motifs is 1. The van der Waals surface area contributed by atoms with Crippen LogP contribution in [0.25, 0.3) is 11.1 Å². The lowest BCUT2D eigenvalue weighted by Gasteiger charge is -2.32. The van der Waals surface area contributed by atoms with Gasteiger partial charge in [-0.15, -0.1) is 0 Å². The minimum Gasteiger partial charge on any atom is -0.424 e. The second-order valence-corrected chi connectivity index (χ2v) is 7.61. The smallest absolute Gasteiger partial charge is 0.295 e. The molecule has 1 N–H and O–H groups in total. The molecule has 0 atom stereocenters. The van der Waals surface area contributed by atoms with Gasteiger partial charge in [-0.1, -0.05) is 32.9 Å². The fourth-order valence-corrected chi connectivity index (χ4v) is 3.49. The zero-order chi connectivity index (χ0) is 14.9. The van der Waals surface area contributed by atoms with Crippen LogP contribution in [0.15, 0.2) is 28.7 Å². The fraction of sp³-hybridized carbons (Fsp3) is 0.611. The third-order valence-electron chi connectivity index (χ3n) is 4.37. The summed E-state index contributed by atoms with van der Waals surface area (Å²) in [7, 11) is 0. The SMILES string of the molecule is CC(C)(C)C[C@H]1CC[C@H](Nc2nc3ccccc3o2)CC1. The highest BCUT2D eigenvalue weighted by atomic mass is 16.4. The predicted octanol–water partition coefficient (Wildman–Crippen LogP) is 5.23. The van der Waals surface area contributed by atoms with Gasteiger partial charge >= 0.3 is 0 Å². The first-order valence-electron chi connectivity index (χ1n) is 8.12. The predicted molar refractivity (Wildman–Crippen MR) is 87.4 cm³/mol. The first-order valence-corrected chi connectivity index (χ1v) is 8.12. The molecule has 1 aliphatic carbocycles. The van der Waals surface area contributed by atoms with E-state index in [1.165, 1.54) is 32.1 Å². The van der Waals surface area contributed by atoms with Crippen molar-refractivity contribution >= 4 is 17.1 Å². The van der Waals surface area contributed by atoms with Gasteiger partial charge in [-0.2, -0.15) is 4.98 Å². The second-order valence-electron chi connectivity index (χ2n) is 7.61. The molecule has 3 nitrogen and oxygen atoms in total. The molecular weight excluding hydrogens is 260 g/mol. The Bertz CT molecular complexity index is 556. The van der Waals surface area contributed by atoms with Gasteiger partial charge in [0.2, 0.25) is 0 Å². The molecule has 2 aromatic rings. The first kappa shape index (κ1) is 14.4. The van der Waals surface area contributed by atoms with Crippen LogP contribution in [0.1, 0.15) is 52.9 Å². The van der Waals surface area contributed by atoms with Crippen LogP contribution in [0.3, 0.4) is 0 Å². The van der Waals surface area contributed by atoms with Gasteiger partial charge in [0.1, 0.15) is 5.52 Å². The maximum Gasteiger partial charge on any atom is 0.295 e. The summed E-state index contributed by atoms with van der Waals surface area (Å²) >= 11 is 0. The monoisotopic (exact) mass is 286 g/mol. The zero-order valence-electron chi connectivity index (χ0n) is 13.4. The summed E-state index contributed by atoms with van der Waals surface area (Å²) in [6, 6.07) is 9.11. The van der Waals surface area contributed by atoms with Gasteiger partial charge in [-0.05, 0) is 55.6 Å². The Morgan fingerprint density at radius 3 is 2.52 bits per heavy atom. The van der Waals surface area contributed by atoms with Crippen molar-refractivity contribution in [1.29, 1.82) is 0 Å². The molecule has 1 aromatic heterocycles. The van der Waals surface area contributed by atoms with E-state index in [1.807, 2.05) is 24.3 Å². The average Bonchev–Trinajstić information content (AvgIpc) is 2.81. The van der Waals surface area contributed by atoms with Crippen molar-refractivity contribution in [2.75, 3.05) is 5.32 Å². The molecule has 0 saturated heterocycles. The molecule has 1 fully saturated rings. The number of aromatic nitrogens is 1. The fourth-order valence-electron chi connectivity index (χ4n) is 3.49. The topological polar surface area (TPSA) is 38.1 Å². The van der Waals surface area contributed by atoms with Crippen LogP contribution in [-0.2, 0) is 0 Å². The molecule has 3 heteroatoms. The quantitative estimate of drug-likeness (QED) is 0.839. The molecule has 0 bridgehead atoms. The highest BCUT2D eigenvalue weighted by molar-refractivity contribution is 5.74. The van der Waals surface area contributed by atoms with E-state index < -0.39 is 0 Å². The number of para-hydroxylation sites is 2. The van der Waals surface area contributed by atoms with Crippen molar-refractivity contribution in [3.8, 4) is 0 Å². The van der Waals surface area contributed by atoms with E-state index in [0.29, 0.717) is 17.5 Å². The zero-order valence-corrected chi connectivity index (χ0v) is 13.4. The van der Waals surface area contributed by atoms with E-state index in [4.69, 9.17) is 4.42 Å². The average molecular weight is 286 g/mol. The summed E-state index contributed by atoms with van der Waals surface area (Å²) in [5.41, 5.74) is 2.24. The number of rotatable bonds is 3. The molecule has 21 heavy (non-hydrogen) atoms. The van der Waals surface area contributed by atoms with Crippen LogP contribution in [0.5, 0.6) is 0 Å². The summed E-state index contributed by atoms with van der Waals surface area (Å²) in [6.07, 6.45) is 6.41. The van der Waals surface area contributed by atoms with Gasteiger partial charge in [0.05, 0.1) is 0 Å². The van der Waals surface area contributed by atoms with Crippen LogP contribution in [0.2, 0.25) is 0 Å². The van der Waals surface area contributed by atoms with Crippen molar-refractivity contribution in [2.45, 2.75) is 58.9 Å². The Morgan fingerprint density at radius 1 is 1.14 bits per heavy atom. The number of hydrogen-bond acceptors (Lipinski definition) is 3. The van der Waals surface area contributed by atoms with Gasteiger partial charge in [0, 0.05) is 6.04 Å². The maximum absolute atomic E-state index is 5.76. The van der Waals surface area contributed by atoms with Crippen molar-refractivity contribution < 1.29 is 4.42 Å². The summed E-state index contributed by atoms with van der Waals surface area (Å²) in [4.78, 5) is 4.51. The van der Waals surface area contributed by atoms with E-state index in [-0.39, 0.29) is 0 Å². The standard InChI is InChI=1S/C18H26N2O/c1-18(2,3)12-13-8-10-14(11-9-13)19-17-20-15-6-4-5-7-16(15)21-17/h4-7,13-14H,8-12H2,1-3H3,(H,19,20)/t13-,14-. The largest absolute Gasteiger partial charge is 0.424 e. The Morgan fingerprint density at radius 2 is 1.86 bits per heavy atom. The number of anilines is 1. The minimum absolute atomic E-state index is 0.450. The molecule has 0 spiro atoms. The van der Waals surface area contributed by atoms with E-state index >= 15 is 0 Å². The summed E-state index contributed by atoms with van der Waals surface area (Å²) in [5, 5.41) is 3.48. The Kier molecular flexibility index (Phi) is 3.92. The Labute approximate surface area is 127 Å². The summed E-state index contributed by atoms with van der Waals surface area (Å²) in [6.45, 7) is 7.03. The number of hydrogen-bond donors (Lipinski definition) is 1. The molecule has 0 radical (unpaired) electrons.